The highest BCUT2D eigenvalue weighted by atomic mass is 35.5. The summed E-state index contributed by atoms with van der Waals surface area (Å²) in [5.41, 5.74) is -0.0701. The molecule has 0 radical (unpaired) electrons. The van der Waals surface area contributed by atoms with Crippen molar-refractivity contribution < 1.29 is 14.6 Å². The van der Waals surface area contributed by atoms with Gasteiger partial charge in [-0.25, -0.2) is 0 Å². The van der Waals surface area contributed by atoms with Crippen molar-refractivity contribution in [2.24, 2.45) is 0 Å². The van der Waals surface area contributed by atoms with Crippen LogP contribution in [0.3, 0.4) is 0 Å². The molecule has 1 aliphatic rings. The Kier molecular flexibility index (Phi) is 4.22. The maximum atomic E-state index is 12.1. The minimum atomic E-state index is -0.572. The highest BCUT2D eigenvalue weighted by molar-refractivity contribution is 6.30. The topological polar surface area (TPSA) is 58.6 Å². The Morgan fingerprint density at radius 1 is 1.44 bits per heavy atom. The molecule has 1 aromatic carbocycles. The predicted molar refractivity (Wildman–Crippen MR) is 68.8 cm³/mol. The van der Waals surface area contributed by atoms with Crippen molar-refractivity contribution in [1.82, 2.24) is 5.32 Å². The van der Waals surface area contributed by atoms with Gasteiger partial charge in [0.25, 0.3) is 5.91 Å². The number of carbonyl (C=O) groups excluding carboxylic acids is 1. The molecule has 0 spiro atoms. The average Bonchev–Trinajstić information content (AvgIpc) is 2.40. The van der Waals surface area contributed by atoms with E-state index in [9.17, 15) is 9.90 Å². The summed E-state index contributed by atoms with van der Waals surface area (Å²) in [4.78, 5) is 12.1. The standard InChI is InChI=1S/C13H16ClNO3/c14-11-3-1-2-10(8-11)12(17)15-13(9-16)4-6-18-7-5-13/h1-3,8,16H,4-7,9H2,(H,15,17). The molecular formula is C13H16ClNO3. The molecule has 5 heteroatoms. The van der Waals surface area contributed by atoms with Crippen LogP contribution in [0, 0.1) is 0 Å². The van der Waals surface area contributed by atoms with E-state index in [1.807, 2.05) is 0 Å². The SMILES string of the molecule is O=C(NC1(CO)CCOCC1)c1cccc(Cl)c1. The molecule has 0 atom stereocenters. The van der Waals surface area contributed by atoms with E-state index in [2.05, 4.69) is 5.32 Å². The van der Waals surface area contributed by atoms with Crippen LogP contribution in [0.15, 0.2) is 24.3 Å². The second-order valence-corrected chi connectivity index (χ2v) is 4.95. The van der Waals surface area contributed by atoms with Gasteiger partial charge in [0.1, 0.15) is 0 Å². The number of amides is 1. The zero-order chi connectivity index (χ0) is 13.0. The molecule has 4 nitrogen and oxygen atoms in total. The largest absolute Gasteiger partial charge is 0.394 e. The van der Waals surface area contributed by atoms with Gasteiger partial charge in [0.05, 0.1) is 12.1 Å². The minimum Gasteiger partial charge on any atom is -0.394 e. The first-order valence-electron chi connectivity index (χ1n) is 5.92. The highest BCUT2D eigenvalue weighted by Gasteiger charge is 2.33. The number of rotatable bonds is 3. The summed E-state index contributed by atoms with van der Waals surface area (Å²) in [5, 5.41) is 12.9. The van der Waals surface area contributed by atoms with E-state index in [4.69, 9.17) is 16.3 Å². The quantitative estimate of drug-likeness (QED) is 0.877. The normalized spacial score (nSPS) is 18.3. The van der Waals surface area contributed by atoms with Crippen LogP contribution in [0.2, 0.25) is 5.02 Å². The Hall–Kier alpha value is -1.10. The monoisotopic (exact) mass is 269 g/mol. The van der Waals surface area contributed by atoms with Crippen molar-refractivity contribution in [2.45, 2.75) is 18.4 Å². The van der Waals surface area contributed by atoms with E-state index in [0.29, 0.717) is 36.6 Å². The molecule has 2 rings (SSSR count). The Balaban J connectivity index is 2.10. The third kappa shape index (κ3) is 3.02. The van der Waals surface area contributed by atoms with Gasteiger partial charge in [0, 0.05) is 23.8 Å². The lowest BCUT2D eigenvalue weighted by molar-refractivity contribution is 0.0125. The number of benzene rings is 1. The van der Waals surface area contributed by atoms with Gasteiger partial charge < -0.3 is 15.2 Å². The minimum absolute atomic E-state index is 0.0807. The molecule has 0 aliphatic carbocycles. The summed E-state index contributed by atoms with van der Waals surface area (Å²) in [5.74, 6) is -0.214. The molecule has 18 heavy (non-hydrogen) atoms. The molecule has 1 amide bonds. The fourth-order valence-electron chi connectivity index (χ4n) is 2.03. The first-order valence-corrected chi connectivity index (χ1v) is 6.30. The second-order valence-electron chi connectivity index (χ2n) is 4.52. The molecule has 1 heterocycles. The molecule has 1 aromatic rings. The van der Waals surface area contributed by atoms with Gasteiger partial charge >= 0.3 is 0 Å². The third-order valence-corrected chi connectivity index (χ3v) is 3.45. The van der Waals surface area contributed by atoms with E-state index in [1.165, 1.54) is 0 Å². The van der Waals surface area contributed by atoms with Crippen LogP contribution in [0.1, 0.15) is 23.2 Å². The summed E-state index contributed by atoms with van der Waals surface area (Å²) in [6.07, 6.45) is 1.24. The third-order valence-electron chi connectivity index (χ3n) is 3.22. The number of hydrogen-bond donors (Lipinski definition) is 2. The molecule has 1 fully saturated rings. The molecule has 0 saturated carbocycles. The van der Waals surface area contributed by atoms with Crippen LogP contribution in [-0.4, -0.2) is 36.4 Å². The van der Waals surface area contributed by atoms with Crippen LogP contribution in [0.5, 0.6) is 0 Å². The van der Waals surface area contributed by atoms with Crippen LogP contribution < -0.4 is 5.32 Å². The Labute approximate surface area is 111 Å². The lowest BCUT2D eigenvalue weighted by Gasteiger charge is -2.36. The second kappa shape index (κ2) is 5.69. The summed E-state index contributed by atoms with van der Waals surface area (Å²) < 4.78 is 5.25. The number of hydrogen-bond acceptors (Lipinski definition) is 3. The molecule has 0 aromatic heterocycles. The lowest BCUT2D eigenvalue weighted by Crippen LogP contribution is -2.54. The van der Waals surface area contributed by atoms with Gasteiger partial charge in [-0.05, 0) is 31.0 Å². The summed E-state index contributed by atoms with van der Waals surface area (Å²) in [6.45, 7) is 1.02. The van der Waals surface area contributed by atoms with Gasteiger partial charge in [-0.2, -0.15) is 0 Å². The summed E-state index contributed by atoms with van der Waals surface area (Å²) in [6, 6.07) is 6.76. The number of carbonyl (C=O) groups is 1. The Bertz CT molecular complexity index is 430. The zero-order valence-electron chi connectivity index (χ0n) is 9.99. The van der Waals surface area contributed by atoms with Gasteiger partial charge in [-0.3, -0.25) is 4.79 Å². The van der Waals surface area contributed by atoms with Crippen LogP contribution in [0.25, 0.3) is 0 Å². The summed E-state index contributed by atoms with van der Waals surface area (Å²) >= 11 is 5.85. The van der Waals surface area contributed by atoms with Crippen molar-refractivity contribution in [3.8, 4) is 0 Å². The Morgan fingerprint density at radius 3 is 2.78 bits per heavy atom. The Morgan fingerprint density at radius 2 is 2.17 bits per heavy atom. The van der Waals surface area contributed by atoms with E-state index in [1.54, 1.807) is 24.3 Å². The number of halogens is 1. The van der Waals surface area contributed by atoms with E-state index >= 15 is 0 Å². The fraction of sp³-hybridized carbons (Fsp3) is 0.462. The first-order chi connectivity index (χ1) is 8.65. The first kappa shape index (κ1) is 13.3. The smallest absolute Gasteiger partial charge is 0.251 e. The number of ether oxygens (including phenoxy) is 1. The molecule has 2 N–H and O–H groups in total. The number of aliphatic hydroxyl groups is 1. The van der Waals surface area contributed by atoms with Crippen molar-refractivity contribution in [3.05, 3.63) is 34.9 Å². The zero-order valence-corrected chi connectivity index (χ0v) is 10.7. The van der Waals surface area contributed by atoms with Crippen molar-refractivity contribution >= 4 is 17.5 Å². The van der Waals surface area contributed by atoms with Gasteiger partial charge in [-0.15, -0.1) is 0 Å². The fourth-order valence-corrected chi connectivity index (χ4v) is 2.22. The van der Waals surface area contributed by atoms with Crippen LogP contribution in [0.4, 0.5) is 0 Å². The molecule has 0 unspecified atom stereocenters. The number of aliphatic hydroxyl groups excluding tert-OH is 1. The van der Waals surface area contributed by atoms with Crippen molar-refractivity contribution in [3.63, 3.8) is 0 Å². The summed E-state index contributed by atoms with van der Waals surface area (Å²) in [7, 11) is 0. The van der Waals surface area contributed by atoms with E-state index in [0.717, 1.165) is 0 Å². The number of nitrogens with one attached hydrogen (secondary N) is 1. The van der Waals surface area contributed by atoms with Crippen LogP contribution in [-0.2, 0) is 4.74 Å². The molecular weight excluding hydrogens is 254 g/mol. The highest BCUT2D eigenvalue weighted by Crippen LogP contribution is 2.21. The van der Waals surface area contributed by atoms with Gasteiger partial charge in [-0.1, -0.05) is 17.7 Å². The molecule has 1 saturated heterocycles. The average molecular weight is 270 g/mol. The van der Waals surface area contributed by atoms with Gasteiger partial charge in [0.15, 0.2) is 0 Å². The van der Waals surface area contributed by atoms with E-state index in [-0.39, 0.29) is 12.5 Å². The maximum Gasteiger partial charge on any atom is 0.251 e. The molecule has 1 aliphatic heterocycles. The molecule has 0 bridgehead atoms. The van der Waals surface area contributed by atoms with Crippen molar-refractivity contribution in [1.29, 1.82) is 0 Å². The van der Waals surface area contributed by atoms with Gasteiger partial charge in [0.2, 0.25) is 0 Å². The molecule has 98 valence electrons. The lowest BCUT2D eigenvalue weighted by atomic mass is 9.90. The maximum absolute atomic E-state index is 12.1. The predicted octanol–water partition coefficient (Wildman–Crippen LogP) is 1.61. The van der Waals surface area contributed by atoms with Crippen molar-refractivity contribution in [2.75, 3.05) is 19.8 Å². The van der Waals surface area contributed by atoms with Crippen LogP contribution >= 0.6 is 11.6 Å². The van der Waals surface area contributed by atoms with E-state index < -0.39 is 5.54 Å².